The minimum absolute atomic E-state index is 0.0423. The van der Waals surface area contributed by atoms with E-state index in [0.717, 1.165) is 0 Å². The molecule has 0 saturated heterocycles. The topological polar surface area (TPSA) is 47.9 Å². The lowest BCUT2D eigenvalue weighted by Crippen LogP contribution is -2.30. The number of nitrogens with zero attached hydrogens (tertiary/aromatic N) is 1. The van der Waals surface area contributed by atoms with Gasteiger partial charge in [-0.05, 0) is 26.0 Å². The molecule has 120 valence electrons. The fraction of sp³-hybridized carbons (Fsp3) is 0.467. The SMILES string of the molecule is CCOC(=O)C1=NOC(C)(CSCc2c(F)cccc2F)C1. The summed E-state index contributed by atoms with van der Waals surface area (Å²) in [7, 11) is 0. The highest BCUT2D eigenvalue weighted by Gasteiger charge is 2.37. The lowest BCUT2D eigenvalue weighted by Gasteiger charge is -2.20. The first-order valence-electron chi connectivity index (χ1n) is 6.88. The highest BCUT2D eigenvalue weighted by molar-refractivity contribution is 7.98. The summed E-state index contributed by atoms with van der Waals surface area (Å²) >= 11 is 1.33. The van der Waals surface area contributed by atoms with Crippen molar-refractivity contribution in [1.29, 1.82) is 0 Å². The summed E-state index contributed by atoms with van der Waals surface area (Å²) in [5.41, 5.74) is -0.392. The van der Waals surface area contributed by atoms with Gasteiger partial charge >= 0.3 is 5.97 Å². The number of thioether (sulfide) groups is 1. The molecule has 0 radical (unpaired) electrons. The van der Waals surface area contributed by atoms with Gasteiger partial charge in [0.25, 0.3) is 0 Å². The maximum Gasteiger partial charge on any atom is 0.356 e. The van der Waals surface area contributed by atoms with Crippen LogP contribution in [0, 0.1) is 11.6 Å². The van der Waals surface area contributed by atoms with E-state index in [-0.39, 0.29) is 23.6 Å². The van der Waals surface area contributed by atoms with Gasteiger partial charge in [0.1, 0.15) is 17.2 Å². The lowest BCUT2D eigenvalue weighted by molar-refractivity contribution is -0.135. The zero-order valence-electron chi connectivity index (χ0n) is 12.4. The Kier molecular flexibility index (Phi) is 5.39. The van der Waals surface area contributed by atoms with E-state index >= 15 is 0 Å². The Morgan fingerprint density at radius 1 is 1.45 bits per heavy atom. The van der Waals surface area contributed by atoms with Gasteiger partial charge in [-0.25, -0.2) is 13.6 Å². The molecular weight excluding hydrogens is 312 g/mol. The first-order chi connectivity index (χ1) is 10.4. The van der Waals surface area contributed by atoms with Crippen LogP contribution in [0.3, 0.4) is 0 Å². The maximum atomic E-state index is 13.5. The molecule has 0 amide bonds. The van der Waals surface area contributed by atoms with E-state index in [4.69, 9.17) is 9.57 Å². The number of benzene rings is 1. The maximum absolute atomic E-state index is 13.5. The fourth-order valence-corrected chi connectivity index (χ4v) is 3.19. The van der Waals surface area contributed by atoms with E-state index in [9.17, 15) is 13.6 Å². The third-order valence-corrected chi connectivity index (χ3v) is 4.45. The van der Waals surface area contributed by atoms with Gasteiger partial charge < -0.3 is 9.57 Å². The molecule has 1 aromatic carbocycles. The predicted octanol–water partition coefficient (Wildman–Crippen LogP) is 3.30. The molecule has 1 unspecified atom stereocenters. The molecule has 0 saturated carbocycles. The van der Waals surface area contributed by atoms with Crippen LogP contribution in [0.1, 0.15) is 25.8 Å². The summed E-state index contributed by atoms with van der Waals surface area (Å²) < 4.78 is 31.9. The Bertz CT molecular complexity index is 574. The molecule has 7 heteroatoms. The molecular formula is C15H17F2NO3S. The normalized spacial score (nSPS) is 20.5. The highest BCUT2D eigenvalue weighted by atomic mass is 32.2. The number of hydrogen-bond acceptors (Lipinski definition) is 5. The molecule has 4 nitrogen and oxygen atoms in total. The van der Waals surface area contributed by atoms with Crippen LogP contribution in [0.15, 0.2) is 23.4 Å². The van der Waals surface area contributed by atoms with Gasteiger partial charge in [0.15, 0.2) is 5.71 Å². The number of rotatable bonds is 6. The first-order valence-corrected chi connectivity index (χ1v) is 8.03. The monoisotopic (exact) mass is 329 g/mol. The van der Waals surface area contributed by atoms with Gasteiger partial charge in [0.05, 0.1) is 6.61 Å². The third-order valence-electron chi connectivity index (χ3n) is 3.14. The number of esters is 1. The Hall–Kier alpha value is -1.63. The van der Waals surface area contributed by atoms with E-state index in [1.165, 1.54) is 30.0 Å². The summed E-state index contributed by atoms with van der Waals surface area (Å²) in [4.78, 5) is 16.9. The summed E-state index contributed by atoms with van der Waals surface area (Å²) in [6.07, 6.45) is 0.318. The molecule has 0 bridgehead atoms. The van der Waals surface area contributed by atoms with Crippen LogP contribution >= 0.6 is 11.8 Å². The van der Waals surface area contributed by atoms with Gasteiger partial charge in [-0.15, -0.1) is 0 Å². The summed E-state index contributed by atoms with van der Waals surface area (Å²) in [6, 6.07) is 3.79. The van der Waals surface area contributed by atoms with Crippen LogP contribution in [0.25, 0.3) is 0 Å². The zero-order chi connectivity index (χ0) is 16.2. The molecule has 0 fully saturated rings. The molecule has 1 aromatic rings. The molecule has 1 aliphatic rings. The fourth-order valence-electron chi connectivity index (χ4n) is 2.02. The van der Waals surface area contributed by atoms with Crippen molar-refractivity contribution in [3.8, 4) is 0 Å². The number of hydrogen-bond donors (Lipinski definition) is 0. The number of carbonyl (C=O) groups is 1. The third kappa shape index (κ3) is 3.97. The average molecular weight is 329 g/mol. The average Bonchev–Trinajstić information content (AvgIpc) is 2.85. The van der Waals surface area contributed by atoms with E-state index in [0.29, 0.717) is 12.2 Å². The van der Waals surface area contributed by atoms with Gasteiger partial charge in [-0.3, -0.25) is 0 Å². The molecule has 0 spiro atoms. The first kappa shape index (κ1) is 16.7. The largest absolute Gasteiger partial charge is 0.461 e. The Labute approximate surface area is 131 Å². The van der Waals surface area contributed by atoms with Crippen molar-refractivity contribution in [3.63, 3.8) is 0 Å². The summed E-state index contributed by atoms with van der Waals surface area (Å²) in [5.74, 6) is -0.974. The van der Waals surface area contributed by atoms with Crippen LogP contribution < -0.4 is 0 Å². The van der Waals surface area contributed by atoms with Crippen LogP contribution in [0.2, 0.25) is 0 Å². The van der Waals surface area contributed by atoms with Crippen LogP contribution in [-0.4, -0.2) is 29.6 Å². The van der Waals surface area contributed by atoms with Gasteiger partial charge in [-0.2, -0.15) is 11.8 Å². The van der Waals surface area contributed by atoms with E-state index in [1.54, 1.807) is 13.8 Å². The van der Waals surface area contributed by atoms with Crippen LogP contribution in [0.5, 0.6) is 0 Å². The Balaban J connectivity index is 1.87. The van der Waals surface area contributed by atoms with Crippen molar-refractivity contribution < 1.29 is 23.1 Å². The molecule has 0 aromatic heterocycles. The molecule has 1 heterocycles. The van der Waals surface area contributed by atoms with Gasteiger partial charge in [-0.1, -0.05) is 11.2 Å². The lowest BCUT2D eigenvalue weighted by atomic mass is 10.0. The minimum atomic E-state index is -0.672. The Morgan fingerprint density at radius 3 is 2.77 bits per heavy atom. The second-order valence-electron chi connectivity index (χ2n) is 5.17. The van der Waals surface area contributed by atoms with Crippen LogP contribution in [-0.2, 0) is 20.1 Å². The molecule has 1 aliphatic heterocycles. The minimum Gasteiger partial charge on any atom is -0.461 e. The van der Waals surface area contributed by atoms with Crippen molar-refractivity contribution >= 4 is 23.4 Å². The predicted molar refractivity (Wildman–Crippen MR) is 80.7 cm³/mol. The van der Waals surface area contributed by atoms with Gasteiger partial charge in [0, 0.05) is 23.5 Å². The van der Waals surface area contributed by atoms with E-state index < -0.39 is 23.2 Å². The van der Waals surface area contributed by atoms with Crippen molar-refractivity contribution in [2.45, 2.75) is 31.6 Å². The number of oxime groups is 1. The molecule has 0 N–H and O–H groups in total. The van der Waals surface area contributed by atoms with Crippen molar-refractivity contribution in [3.05, 3.63) is 35.4 Å². The quantitative estimate of drug-likeness (QED) is 0.752. The van der Waals surface area contributed by atoms with Crippen molar-refractivity contribution in [1.82, 2.24) is 0 Å². The Morgan fingerprint density at radius 2 is 2.14 bits per heavy atom. The summed E-state index contributed by atoms with van der Waals surface area (Å²) in [6.45, 7) is 3.79. The standard InChI is InChI=1S/C15H17F2NO3S/c1-3-20-14(19)13-7-15(2,21-18-13)9-22-8-10-11(16)5-4-6-12(10)17/h4-6H,3,7-9H2,1-2H3. The van der Waals surface area contributed by atoms with E-state index in [1.807, 2.05) is 0 Å². The summed E-state index contributed by atoms with van der Waals surface area (Å²) in [5, 5.41) is 3.75. The highest BCUT2D eigenvalue weighted by Crippen LogP contribution is 2.30. The number of carbonyl (C=O) groups excluding carboxylic acids is 1. The van der Waals surface area contributed by atoms with E-state index in [2.05, 4.69) is 5.16 Å². The van der Waals surface area contributed by atoms with Crippen molar-refractivity contribution in [2.75, 3.05) is 12.4 Å². The number of halogens is 2. The molecule has 22 heavy (non-hydrogen) atoms. The smallest absolute Gasteiger partial charge is 0.356 e. The second kappa shape index (κ2) is 7.09. The van der Waals surface area contributed by atoms with Gasteiger partial charge in [0.2, 0.25) is 0 Å². The number of ether oxygens (including phenoxy) is 1. The second-order valence-corrected chi connectivity index (χ2v) is 6.16. The molecule has 0 aliphatic carbocycles. The zero-order valence-corrected chi connectivity index (χ0v) is 13.2. The molecule has 1 atom stereocenters. The van der Waals surface area contributed by atoms with Crippen molar-refractivity contribution in [2.24, 2.45) is 5.16 Å². The molecule has 2 rings (SSSR count). The van der Waals surface area contributed by atoms with Crippen LogP contribution in [0.4, 0.5) is 8.78 Å².